The quantitative estimate of drug-likeness (QED) is 0.492. The molecule has 0 aliphatic rings. The Bertz CT molecular complexity index is 665. The molecule has 0 fully saturated rings. The highest BCUT2D eigenvalue weighted by Gasteiger charge is 2.17. The summed E-state index contributed by atoms with van der Waals surface area (Å²) >= 11 is 7.20. The molecule has 0 unspecified atom stereocenters. The normalized spacial score (nSPS) is 9.95. The molecule has 0 N–H and O–H groups in total. The first kappa shape index (κ1) is 13.6. The zero-order chi connectivity index (χ0) is 13.8. The molecule has 2 aromatic rings. The van der Waals surface area contributed by atoms with E-state index in [1.165, 1.54) is 17.8 Å². The molecule has 19 heavy (non-hydrogen) atoms. The van der Waals surface area contributed by atoms with E-state index in [0.29, 0.717) is 16.2 Å². The number of benzene rings is 1. The number of carbonyl (C=O) groups excluding carboxylic acids is 1. The molecule has 0 saturated carbocycles. The molecule has 2 rings (SSSR count). The van der Waals surface area contributed by atoms with Crippen LogP contribution in [0.15, 0.2) is 41.4 Å². The van der Waals surface area contributed by atoms with E-state index in [0.717, 1.165) is 0 Å². The Hall–Kier alpha value is -1.83. The van der Waals surface area contributed by atoms with Crippen LogP contribution in [0.2, 0.25) is 5.15 Å². The molecule has 1 aromatic carbocycles. The van der Waals surface area contributed by atoms with Gasteiger partial charge in [-0.15, -0.1) is 11.8 Å². The lowest BCUT2D eigenvalue weighted by molar-refractivity contribution is 0.103. The number of ketones is 1. The monoisotopic (exact) mass is 288 g/mol. The Kier molecular flexibility index (Phi) is 4.20. The van der Waals surface area contributed by atoms with Crippen LogP contribution in [0, 0.1) is 11.3 Å². The highest BCUT2D eigenvalue weighted by Crippen LogP contribution is 2.25. The second-order valence-corrected chi connectivity index (χ2v) is 4.84. The lowest BCUT2D eigenvalue weighted by Crippen LogP contribution is -2.05. The molecule has 0 saturated heterocycles. The van der Waals surface area contributed by atoms with Crippen molar-refractivity contribution in [2.75, 3.05) is 6.26 Å². The molecule has 0 bridgehead atoms. The fourth-order valence-corrected chi connectivity index (χ4v) is 2.40. The van der Waals surface area contributed by atoms with E-state index >= 15 is 0 Å². The van der Waals surface area contributed by atoms with Gasteiger partial charge in [-0.3, -0.25) is 4.79 Å². The van der Waals surface area contributed by atoms with E-state index in [4.69, 9.17) is 16.9 Å². The topological polar surface area (TPSA) is 53.8 Å². The highest BCUT2D eigenvalue weighted by molar-refractivity contribution is 7.98. The molecule has 3 nitrogen and oxygen atoms in total. The van der Waals surface area contributed by atoms with Gasteiger partial charge in [0.15, 0.2) is 5.78 Å². The largest absolute Gasteiger partial charge is 0.289 e. The number of rotatable bonds is 3. The Balaban J connectivity index is 2.56. The van der Waals surface area contributed by atoms with Crippen molar-refractivity contribution >= 4 is 29.1 Å². The minimum atomic E-state index is -0.161. The Labute approximate surface area is 120 Å². The summed E-state index contributed by atoms with van der Waals surface area (Å²) in [7, 11) is 0. The van der Waals surface area contributed by atoms with Crippen LogP contribution in [0.3, 0.4) is 0 Å². The zero-order valence-corrected chi connectivity index (χ0v) is 11.6. The summed E-state index contributed by atoms with van der Waals surface area (Å²) in [6.45, 7) is 0. The Morgan fingerprint density at radius 2 is 2.05 bits per heavy atom. The summed E-state index contributed by atoms with van der Waals surface area (Å²) < 4.78 is 0. The van der Waals surface area contributed by atoms with Gasteiger partial charge >= 0.3 is 0 Å². The van der Waals surface area contributed by atoms with Crippen LogP contribution in [-0.4, -0.2) is 17.0 Å². The van der Waals surface area contributed by atoms with Crippen LogP contribution in [0.5, 0.6) is 0 Å². The van der Waals surface area contributed by atoms with Gasteiger partial charge in [-0.25, -0.2) is 4.98 Å². The smallest absolute Gasteiger partial charge is 0.195 e. The van der Waals surface area contributed by atoms with Gasteiger partial charge in [0.1, 0.15) is 16.2 Å². The molecule has 1 aromatic heterocycles. The molecule has 0 amide bonds. The first-order valence-electron chi connectivity index (χ1n) is 5.41. The minimum absolute atomic E-state index is 0.122. The van der Waals surface area contributed by atoms with Crippen LogP contribution >= 0.6 is 23.4 Å². The van der Waals surface area contributed by atoms with Crippen LogP contribution in [0.25, 0.3) is 0 Å². The second-order valence-electron chi connectivity index (χ2n) is 3.69. The van der Waals surface area contributed by atoms with Gasteiger partial charge in [-0.1, -0.05) is 41.9 Å². The van der Waals surface area contributed by atoms with E-state index in [1.807, 2.05) is 18.4 Å². The van der Waals surface area contributed by atoms with Gasteiger partial charge in [0.2, 0.25) is 0 Å². The van der Waals surface area contributed by atoms with Gasteiger partial charge < -0.3 is 0 Å². The molecule has 0 spiro atoms. The Morgan fingerprint density at radius 3 is 2.63 bits per heavy atom. The number of hydrogen-bond acceptors (Lipinski definition) is 4. The summed E-state index contributed by atoms with van der Waals surface area (Å²) in [5.74, 6) is -0.161. The molecular weight excluding hydrogens is 280 g/mol. The van der Waals surface area contributed by atoms with E-state index < -0.39 is 0 Å². The molecular formula is C14H9ClN2OS. The first-order valence-corrected chi connectivity index (χ1v) is 7.02. The number of hydrogen-bond donors (Lipinski definition) is 0. The van der Waals surface area contributed by atoms with Crippen molar-refractivity contribution < 1.29 is 4.79 Å². The lowest BCUT2D eigenvalue weighted by atomic mass is 10.0. The van der Waals surface area contributed by atoms with Crippen molar-refractivity contribution in [3.05, 3.63) is 58.2 Å². The third-order valence-corrected chi connectivity index (χ3v) is 3.52. The van der Waals surface area contributed by atoms with Crippen molar-refractivity contribution in [1.82, 2.24) is 4.98 Å². The van der Waals surface area contributed by atoms with Crippen LogP contribution in [0.4, 0.5) is 0 Å². The number of halogens is 1. The number of carbonyl (C=O) groups is 1. The standard InChI is InChI=1S/C14H9ClN2OS/c1-19-14-11(7-10(8-16)13(15)17-14)12(18)9-5-3-2-4-6-9/h2-7H,1H3. The first-order chi connectivity index (χ1) is 9.17. The van der Waals surface area contributed by atoms with Gasteiger partial charge in [-0.2, -0.15) is 5.26 Å². The third-order valence-electron chi connectivity index (χ3n) is 2.54. The number of nitrogens with zero attached hydrogens (tertiary/aromatic N) is 2. The summed E-state index contributed by atoms with van der Waals surface area (Å²) in [6, 6.07) is 12.3. The fraction of sp³-hybridized carbons (Fsp3) is 0.0714. The maximum absolute atomic E-state index is 12.4. The second kappa shape index (κ2) is 5.87. The summed E-state index contributed by atoms with van der Waals surface area (Å²) in [5.41, 5.74) is 1.17. The Morgan fingerprint density at radius 1 is 1.37 bits per heavy atom. The average Bonchev–Trinajstić information content (AvgIpc) is 2.47. The van der Waals surface area contributed by atoms with Crippen molar-refractivity contribution in [3.63, 3.8) is 0 Å². The van der Waals surface area contributed by atoms with Gasteiger partial charge in [-0.05, 0) is 12.3 Å². The maximum Gasteiger partial charge on any atom is 0.195 e. The zero-order valence-electron chi connectivity index (χ0n) is 10.1. The van der Waals surface area contributed by atoms with Crippen molar-refractivity contribution in [2.24, 2.45) is 0 Å². The SMILES string of the molecule is CSc1nc(Cl)c(C#N)cc1C(=O)c1ccccc1. The molecule has 0 atom stereocenters. The van der Waals surface area contributed by atoms with E-state index in [2.05, 4.69) is 4.98 Å². The minimum Gasteiger partial charge on any atom is -0.289 e. The molecule has 94 valence electrons. The van der Waals surface area contributed by atoms with Crippen molar-refractivity contribution in [3.8, 4) is 6.07 Å². The van der Waals surface area contributed by atoms with E-state index in [-0.39, 0.29) is 16.5 Å². The highest BCUT2D eigenvalue weighted by atomic mass is 35.5. The summed E-state index contributed by atoms with van der Waals surface area (Å²) in [6.07, 6.45) is 1.81. The number of nitriles is 1. The molecule has 5 heteroatoms. The summed E-state index contributed by atoms with van der Waals surface area (Å²) in [5, 5.41) is 9.61. The third kappa shape index (κ3) is 2.78. The van der Waals surface area contributed by atoms with Crippen molar-refractivity contribution in [1.29, 1.82) is 5.26 Å². The predicted octanol–water partition coefficient (Wildman–Crippen LogP) is 3.56. The van der Waals surface area contributed by atoms with Crippen LogP contribution in [-0.2, 0) is 0 Å². The van der Waals surface area contributed by atoms with E-state index in [9.17, 15) is 4.79 Å². The van der Waals surface area contributed by atoms with E-state index in [1.54, 1.807) is 24.3 Å². The van der Waals surface area contributed by atoms with Gasteiger partial charge in [0, 0.05) is 5.56 Å². The van der Waals surface area contributed by atoms with Crippen molar-refractivity contribution in [2.45, 2.75) is 5.03 Å². The number of pyridine rings is 1. The molecule has 0 aliphatic carbocycles. The number of aromatic nitrogens is 1. The lowest BCUT2D eigenvalue weighted by Gasteiger charge is -2.07. The maximum atomic E-state index is 12.4. The number of thioether (sulfide) groups is 1. The molecule has 1 heterocycles. The fourth-order valence-electron chi connectivity index (χ4n) is 1.62. The molecule has 0 radical (unpaired) electrons. The van der Waals surface area contributed by atoms with Gasteiger partial charge in [0.05, 0.1) is 11.1 Å². The molecule has 0 aliphatic heterocycles. The average molecular weight is 289 g/mol. The predicted molar refractivity (Wildman–Crippen MR) is 75.6 cm³/mol. The summed E-state index contributed by atoms with van der Waals surface area (Å²) in [4.78, 5) is 16.5. The van der Waals surface area contributed by atoms with Crippen LogP contribution < -0.4 is 0 Å². The van der Waals surface area contributed by atoms with Gasteiger partial charge in [0.25, 0.3) is 0 Å². The van der Waals surface area contributed by atoms with Crippen LogP contribution in [0.1, 0.15) is 21.5 Å².